The number of halogens is 2. The average Bonchev–Trinajstić information content (AvgIpc) is 2.74. The van der Waals surface area contributed by atoms with E-state index in [1.54, 1.807) is 24.3 Å². The van der Waals surface area contributed by atoms with E-state index in [2.05, 4.69) is 5.32 Å². The Morgan fingerprint density at radius 2 is 1.59 bits per heavy atom. The maximum Gasteiger partial charge on any atom is 0.251 e. The fourth-order valence-electron chi connectivity index (χ4n) is 2.96. The van der Waals surface area contributed by atoms with Crippen LogP contribution >= 0.6 is 23.2 Å². The highest BCUT2D eigenvalue weighted by Gasteiger charge is 2.19. The van der Waals surface area contributed by atoms with Crippen LogP contribution in [-0.4, -0.2) is 33.7 Å². The smallest absolute Gasteiger partial charge is 0.251 e. The molecular weight excluding hydrogens is 471 g/mol. The van der Waals surface area contributed by atoms with E-state index in [0.29, 0.717) is 40.0 Å². The van der Waals surface area contributed by atoms with Gasteiger partial charge < -0.3 is 10.1 Å². The fraction of sp³-hybridized carbons (Fsp3) is 0.174. The summed E-state index contributed by atoms with van der Waals surface area (Å²) in [4.78, 5) is 12.3. The first-order chi connectivity index (χ1) is 15.2. The second-order valence-corrected chi connectivity index (χ2v) is 9.79. The monoisotopic (exact) mass is 492 g/mol. The van der Waals surface area contributed by atoms with Crippen molar-refractivity contribution in [1.82, 2.24) is 5.32 Å². The van der Waals surface area contributed by atoms with Crippen LogP contribution in [0.2, 0.25) is 10.0 Å². The highest BCUT2D eigenvalue weighted by molar-refractivity contribution is 7.92. The third kappa shape index (κ3) is 6.88. The second-order valence-electron chi connectivity index (χ2n) is 7.01. The van der Waals surface area contributed by atoms with E-state index >= 15 is 0 Å². The van der Waals surface area contributed by atoms with Crippen LogP contribution in [0.1, 0.15) is 15.9 Å². The Kier molecular flexibility index (Phi) is 8.01. The minimum absolute atomic E-state index is 0.0717. The number of ether oxygens (including phenoxy) is 1. The van der Waals surface area contributed by atoms with E-state index in [-0.39, 0.29) is 12.5 Å². The number of sulfonamides is 1. The Morgan fingerprint density at radius 1 is 0.969 bits per heavy atom. The van der Waals surface area contributed by atoms with Crippen LogP contribution in [-0.2, 0) is 16.6 Å². The number of amides is 1. The summed E-state index contributed by atoms with van der Waals surface area (Å²) in [5.74, 6) is 0.498. The van der Waals surface area contributed by atoms with Crippen LogP contribution in [0.3, 0.4) is 0 Å². The van der Waals surface area contributed by atoms with Gasteiger partial charge in [-0.15, -0.1) is 0 Å². The first kappa shape index (κ1) is 23.9. The molecule has 168 valence electrons. The van der Waals surface area contributed by atoms with Crippen LogP contribution in [0.15, 0.2) is 72.8 Å². The summed E-state index contributed by atoms with van der Waals surface area (Å²) in [6.45, 7) is 0.772. The van der Waals surface area contributed by atoms with Crippen LogP contribution in [0, 0.1) is 0 Å². The van der Waals surface area contributed by atoms with Crippen molar-refractivity contribution in [3.63, 3.8) is 0 Å². The van der Waals surface area contributed by atoms with Gasteiger partial charge in [0.25, 0.3) is 5.91 Å². The predicted octanol–water partition coefficient (Wildman–Crippen LogP) is 4.77. The summed E-state index contributed by atoms with van der Waals surface area (Å²) in [5.41, 5.74) is 1.53. The van der Waals surface area contributed by atoms with Gasteiger partial charge >= 0.3 is 0 Å². The molecule has 0 aliphatic carbocycles. The maximum atomic E-state index is 12.3. The van der Waals surface area contributed by atoms with Crippen LogP contribution in [0.25, 0.3) is 0 Å². The molecule has 0 aliphatic rings. The standard InChI is InChI=1S/C23H22Cl2N2O4S/c1-32(29,30)27(21-14-19(24)13-20(25)15-21)16-17-7-9-18(10-8-17)23(28)26-11-12-31-22-5-3-2-4-6-22/h2-10,13-15H,11-12,16H2,1H3,(H,26,28). The van der Waals surface area contributed by atoms with E-state index in [1.165, 1.54) is 22.5 Å². The van der Waals surface area contributed by atoms with Crippen LogP contribution < -0.4 is 14.4 Å². The summed E-state index contributed by atoms with van der Waals surface area (Å²) < 4.78 is 31.5. The van der Waals surface area contributed by atoms with Crippen molar-refractivity contribution in [2.75, 3.05) is 23.7 Å². The molecule has 1 N–H and O–H groups in total. The molecule has 0 spiro atoms. The zero-order chi connectivity index (χ0) is 23.1. The molecule has 0 fully saturated rings. The van der Waals surface area contributed by atoms with Gasteiger partial charge in [-0.2, -0.15) is 0 Å². The van der Waals surface area contributed by atoms with Crippen molar-refractivity contribution in [3.8, 4) is 5.75 Å². The first-order valence-corrected chi connectivity index (χ1v) is 12.3. The van der Waals surface area contributed by atoms with E-state index in [9.17, 15) is 13.2 Å². The van der Waals surface area contributed by atoms with Gasteiger partial charge in [0.05, 0.1) is 25.0 Å². The first-order valence-electron chi connectivity index (χ1n) is 9.71. The number of anilines is 1. The minimum atomic E-state index is -3.59. The van der Waals surface area contributed by atoms with Gasteiger partial charge in [-0.25, -0.2) is 8.42 Å². The molecule has 0 saturated carbocycles. The largest absolute Gasteiger partial charge is 0.492 e. The molecule has 0 saturated heterocycles. The summed E-state index contributed by atoms with van der Waals surface area (Å²) >= 11 is 12.1. The number of hydrogen-bond donors (Lipinski definition) is 1. The topological polar surface area (TPSA) is 75.7 Å². The molecule has 32 heavy (non-hydrogen) atoms. The van der Waals surface area contributed by atoms with E-state index in [0.717, 1.165) is 12.0 Å². The fourth-order valence-corrected chi connectivity index (χ4v) is 4.35. The molecule has 0 heterocycles. The van der Waals surface area contributed by atoms with Crippen molar-refractivity contribution in [2.45, 2.75) is 6.54 Å². The zero-order valence-corrected chi connectivity index (χ0v) is 19.6. The van der Waals surface area contributed by atoms with Gasteiger partial charge in [-0.3, -0.25) is 9.10 Å². The highest BCUT2D eigenvalue weighted by atomic mass is 35.5. The quantitative estimate of drug-likeness (QED) is 0.436. The molecule has 6 nitrogen and oxygen atoms in total. The Balaban J connectivity index is 1.61. The lowest BCUT2D eigenvalue weighted by Gasteiger charge is -2.23. The van der Waals surface area contributed by atoms with Crippen LogP contribution in [0.4, 0.5) is 5.69 Å². The Hall–Kier alpha value is -2.74. The summed E-state index contributed by atoms with van der Waals surface area (Å²) in [7, 11) is -3.59. The van der Waals surface area contributed by atoms with Gasteiger partial charge in [-0.1, -0.05) is 53.5 Å². The van der Waals surface area contributed by atoms with Crippen molar-refractivity contribution >= 4 is 44.8 Å². The number of para-hydroxylation sites is 1. The summed E-state index contributed by atoms with van der Waals surface area (Å²) in [6.07, 6.45) is 1.11. The molecule has 0 bridgehead atoms. The number of carbonyl (C=O) groups is 1. The van der Waals surface area contributed by atoms with Crippen LogP contribution in [0.5, 0.6) is 5.75 Å². The van der Waals surface area contributed by atoms with Crippen molar-refractivity contribution in [1.29, 1.82) is 0 Å². The van der Waals surface area contributed by atoms with Crippen molar-refractivity contribution in [2.24, 2.45) is 0 Å². The second kappa shape index (κ2) is 10.7. The predicted molar refractivity (Wildman–Crippen MR) is 128 cm³/mol. The molecule has 0 atom stereocenters. The third-order valence-electron chi connectivity index (χ3n) is 4.48. The number of nitrogens with one attached hydrogen (secondary N) is 1. The molecule has 3 rings (SSSR count). The highest BCUT2D eigenvalue weighted by Crippen LogP contribution is 2.28. The van der Waals surface area contributed by atoms with Gasteiger partial charge in [-0.05, 0) is 48.0 Å². The third-order valence-corrected chi connectivity index (χ3v) is 6.05. The average molecular weight is 493 g/mol. The van der Waals surface area contributed by atoms with E-state index in [4.69, 9.17) is 27.9 Å². The minimum Gasteiger partial charge on any atom is -0.492 e. The molecule has 9 heteroatoms. The number of benzene rings is 3. The maximum absolute atomic E-state index is 12.3. The van der Waals surface area contributed by atoms with Gasteiger partial charge in [0.1, 0.15) is 12.4 Å². The molecular formula is C23H22Cl2N2O4S. The number of hydrogen-bond acceptors (Lipinski definition) is 4. The normalized spacial score (nSPS) is 11.1. The molecule has 3 aromatic carbocycles. The SMILES string of the molecule is CS(=O)(=O)N(Cc1ccc(C(=O)NCCOc2ccccc2)cc1)c1cc(Cl)cc(Cl)c1. The molecule has 0 radical (unpaired) electrons. The van der Waals surface area contributed by atoms with E-state index in [1.807, 2.05) is 30.3 Å². The Labute approximate surface area is 197 Å². The lowest BCUT2D eigenvalue weighted by Crippen LogP contribution is -2.29. The molecule has 0 unspecified atom stereocenters. The number of carbonyl (C=O) groups excluding carboxylic acids is 1. The van der Waals surface area contributed by atoms with Gasteiger partial charge in [0.2, 0.25) is 10.0 Å². The van der Waals surface area contributed by atoms with Gasteiger partial charge in [0, 0.05) is 15.6 Å². The summed E-state index contributed by atoms with van der Waals surface area (Å²) in [6, 6.07) is 20.7. The van der Waals surface area contributed by atoms with E-state index < -0.39 is 10.0 Å². The molecule has 0 aromatic heterocycles. The number of rotatable bonds is 9. The molecule has 1 amide bonds. The Bertz CT molecular complexity index is 1150. The Morgan fingerprint density at radius 3 is 2.19 bits per heavy atom. The van der Waals surface area contributed by atoms with Crippen molar-refractivity contribution in [3.05, 3.63) is 94.0 Å². The lowest BCUT2D eigenvalue weighted by atomic mass is 10.1. The lowest BCUT2D eigenvalue weighted by molar-refractivity contribution is 0.0947. The number of nitrogens with zero attached hydrogens (tertiary/aromatic N) is 1. The molecule has 3 aromatic rings. The summed E-state index contributed by atoms with van der Waals surface area (Å²) in [5, 5.41) is 3.47. The molecule has 0 aliphatic heterocycles. The zero-order valence-electron chi connectivity index (χ0n) is 17.3. The van der Waals surface area contributed by atoms with Gasteiger partial charge in [0.15, 0.2) is 0 Å². The van der Waals surface area contributed by atoms with Crippen molar-refractivity contribution < 1.29 is 17.9 Å².